The van der Waals surface area contributed by atoms with Gasteiger partial charge in [-0.15, -0.1) is 0 Å². The molecule has 0 heterocycles. The fourth-order valence-electron chi connectivity index (χ4n) is 1.93. The molecule has 2 aromatic rings. The van der Waals surface area contributed by atoms with E-state index in [9.17, 15) is 0 Å². The van der Waals surface area contributed by atoms with Crippen molar-refractivity contribution in [3.8, 4) is 11.5 Å². The summed E-state index contributed by atoms with van der Waals surface area (Å²) in [5.41, 5.74) is 8.22. The van der Waals surface area contributed by atoms with Gasteiger partial charge < -0.3 is 20.3 Å². The zero-order valence-corrected chi connectivity index (χ0v) is 11.7. The summed E-state index contributed by atoms with van der Waals surface area (Å²) in [6.07, 6.45) is -0.121. The maximum atomic E-state index is 9.13. The molecule has 0 bridgehead atoms. The van der Waals surface area contributed by atoms with E-state index in [-0.39, 0.29) is 12.7 Å². The average molecular weight is 273 g/mol. The van der Waals surface area contributed by atoms with Gasteiger partial charge in [0.05, 0.1) is 13.7 Å². The van der Waals surface area contributed by atoms with Crippen LogP contribution in [0.15, 0.2) is 42.5 Å². The SMILES string of the molecule is COc1cc(CO)ccc1OC(C)c1ccc(N)cc1. The molecule has 0 aliphatic heterocycles. The molecule has 0 radical (unpaired) electrons. The van der Waals surface area contributed by atoms with Crippen LogP contribution in [-0.2, 0) is 6.61 Å². The molecule has 0 saturated heterocycles. The van der Waals surface area contributed by atoms with Crippen LogP contribution in [0.5, 0.6) is 11.5 Å². The van der Waals surface area contributed by atoms with E-state index in [4.69, 9.17) is 20.3 Å². The van der Waals surface area contributed by atoms with Gasteiger partial charge in [-0.25, -0.2) is 0 Å². The smallest absolute Gasteiger partial charge is 0.162 e. The van der Waals surface area contributed by atoms with Crippen LogP contribution in [0, 0.1) is 0 Å². The van der Waals surface area contributed by atoms with Crippen molar-refractivity contribution in [2.45, 2.75) is 19.6 Å². The number of aliphatic hydroxyl groups excluding tert-OH is 1. The van der Waals surface area contributed by atoms with Crippen LogP contribution >= 0.6 is 0 Å². The number of aliphatic hydroxyl groups is 1. The van der Waals surface area contributed by atoms with Gasteiger partial charge in [-0.3, -0.25) is 0 Å². The summed E-state index contributed by atoms with van der Waals surface area (Å²) in [4.78, 5) is 0. The lowest BCUT2D eigenvalue weighted by molar-refractivity contribution is 0.215. The third kappa shape index (κ3) is 3.22. The number of methoxy groups -OCH3 is 1. The summed E-state index contributed by atoms with van der Waals surface area (Å²) >= 11 is 0. The molecule has 0 aliphatic rings. The lowest BCUT2D eigenvalue weighted by Crippen LogP contribution is -2.04. The van der Waals surface area contributed by atoms with E-state index in [0.717, 1.165) is 16.8 Å². The van der Waals surface area contributed by atoms with Gasteiger partial charge in [-0.2, -0.15) is 0 Å². The highest BCUT2D eigenvalue weighted by atomic mass is 16.5. The lowest BCUT2D eigenvalue weighted by atomic mass is 10.1. The molecule has 2 aromatic carbocycles. The van der Waals surface area contributed by atoms with Gasteiger partial charge >= 0.3 is 0 Å². The summed E-state index contributed by atoms with van der Waals surface area (Å²) in [6.45, 7) is 1.94. The number of anilines is 1. The van der Waals surface area contributed by atoms with Crippen molar-refractivity contribution in [3.05, 3.63) is 53.6 Å². The Morgan fingerprint density at radius 1 is 1.10 bits per heavy atom. The van der Waals surface area contributed by atoms with E-state index in [1.807, 2.05) is 37.3 Å². The predicted octanol–water partition coefficient (Wildman–Crippen LogP) is 2.91. The second-order valence-electron chi connectivity index (χ2n) is 4.57. The molecule has 4 nitrogen and oxygen atoms in total. The van der Waals surface area contributed by atoms with Gasteiger partial charge in [0.2, 0.25) is 0 Å². The van der Waals surface area contributed by atoms with Crippen LogP contribution in [0.4, 0.5) is 5.69 Å². The van der Waals surface area contributed by atoms with E-state index < -0.39 is 0 Å². The molecule has 1 atom stereocenters. The molecule has 3 N–H and O–H groups in total. The predicted molar refractivity (Wildman–Crippen MR) is 78.8 cm³/mol. The van der Waals surface area contributed by atoms with Crippen molar-refractivity contribution in [3.63, 3.8) is 0 Å². The molecular weight excluding hydrogens is 254 g/mol. The Kier molecular flexibility index (Phi) is 4.48. The number of hydrogen-bond acceptors (Lipinski definition) is 4. The van der Waals surface area contributed by atoms with Crippen LogP contribution in [0.25, 0.3) is 0 Å². The van der Waals surface area contributed by atoms with Gasteiger partial charge in [0, 0.05) is 5.69 Å². The van der Waals surface area contributed by atoms with E-state index in [0.29, 0.717) is 11.5 Å². The van der Waals surface area contributed by atoms with Crippen molar-refractivity contribution in [1.29, 1.82) is 0 Å². The van der Waals surface area contributed by atoms with Gasteiger partial charge in [-0.1, -0.05) is 18.2 Å². The van der Waals surface area contributed by atoms with Gasteiger partial charge in [-0.05, 0) is 42.3 Å². The maximum Gasteiger partial charge on any atom is 0.162 e. The molecule has 0 aromatic heterocycles. The largest absolute Gasteiger partial charge is 0.493 e. The lowest BCUT2D eigenvalue weighted by Gasteiger charge is -2.18. The van der Waals surface area contributed by atoms with Crippen molar-refractivity contribution < 1.29 is 14.6 Å². The summed E-state index contributed by atoms with van der Waals surface area (Å²) in [6, 6.07) is 13.0. The Hall–Kier alpha value is -2.20. The summed E-state index contributed by atoms with van der Waals surface area (Å²) in [5, 5.41) is 9.13. The monoisotopic (exact) mass is 273 g/mol. The van der Waals surface area contributed by atoms with Gasteiger partial charge in [0.25, 0.3) is 0 Å². The second-order valence-corrected chi connectivity index (χ2v) is 4.57. The topological polar surface area (TPSA) is 64.7 Å². The number of nitrogen functional groups attached to an aromatic ring is 1. The molecule has 2 rings (SSSR count). The maximum absolute atomic E-state index is 9.13. The second kappa shape index (κ2) is 6.30. The molecule has 0 spiro atoms. The third-order valence-corrected chi connectivity index (χ3v) is 3.12. The third-order valence-electron chi connectivity index (χ3n) is 3.12. The summed E-state index contributed by atoms with van der Waals surface area (Å²) in [5.74, 6) is 1.26. The molecule has 0 amide bonds. The minimum atomic E-state index is -0.121. The van der Waals surface area contributed by atoms with Gasteiger partial charge in [0.1, 0.15) is 6.10 Å². The molecular formula is C16H19NO3. The first-order valence-electron chi connectivity index (χ1n) is 6.44. The van der Waals surface area contributed by atoms with Crippen molar-refractivity contribution in [2.75, 3.05) is 12.8 Å². The van der Waals surface area contributed by atoms with Crippen molar-refractivity contribution >= 4 is 5.69 Å². The average Bonchev–Trinajstić information content (AvgIpc) is 2.48. The zero-order valence-electron chi connectivity index (χ0n) is 11.7. The van der Waals surface area contributed by atoms with E-state index >= 15 is 0 Å². The number of ether oxygens (including phenoxy) is 2. The van der Waals surface area contributed by atoms with Crippen LogP contribution in [0.2, 0.25) is 0 Å². The molecule has 1 unspecified atom stereocenters. The Morgan fingerprint density at radius 3 is 2.40 bits per heavy atom. The first kappa shape index (κ1) is 14.2. The van der Waals surface area contributed by atoms with Crippen LogP contribution in [0.3, 0.4) is 0 Å². The highest BCUT2D eigenvalue weighted by Gasteiger charge is 2.11. The van der Waals surface area contributed by atoms with Gasteiger partial charge in [0.15, 0.2) is 11.5 Å². The molecule has 20 heavy (non-hydrogen) atoms. The fraction of sp³-hybridized carbons (Fsp3) is 0.250. The molecule has 0 fully saturated rings. The molecule has 106 valence electrons. The molecule has 0 saturated carbocycles. The standard InChI is InChI=1S/C16H19NO3/c1-11(13-4-6-14(17)7-5-13)20-15-8-3-12(10-18)9-16(15)19-2/h3-9,11,18H,10,17H2,1-2H3. The number of rotatable bonds is 5. The van der Waals surface area contributed by atoms with Crippen LogP contribution in [0.1, 0.15) is 24.2 Å². The first-order chi connectivity index (χ1) is 9.63. The van der Waals surface area contributed by atoms with Crippen LogP contribution < -0.4 is 15.2 Å². The molecule has 4 heteroatoms. The minimum Gasteiger partial charge on any atom is -0.493 e. The highest BCUT2D eigenvalue weighted by molar-refractivity contribution is 5.44. The summed E-state index contributed by atoms with van der Waals surface area (Å²) < 4.78 is 11.2. The summed E-state index contributed by atoms with van der Waals surface area (Å²) in [7, 11) is 1.58. The van der Waals surface area contributed by atoms with E-state index in [2.05, 4.69) is 0 Å². The van der Waals surface area contributed by atoms with E-state index in [1.54, 1.807) is 19.2 Å². The Morgan fingerprint density at radius 2 is 1.80 bits per heavy atom. The Labute approximate surface area is 118 Å². The van der Waals surface area contributed by atoms with Crippen molar-refractivity contribution in [1.82, 2.24) is 0 Å². The normalized spacial score (nSPS) is 11.9. The van der Waals surface area contributed by atoms with Crippen LogP contribution in [-0.4, -0.2) is 12.2 Å². The number of nitrogens with two attached hydrogens (primary N) is 1. The fourth-order valence-corrected chi connectivity index (χ4v) is 1.93. The minimum absolute atomic E-state index is 0.0237. The first-order valence-corrected chi connectivity index (χ1v) is 6.44. The highest BCUT2D eigenvalue weighted by Crippen LogP contribution is 2.32. The molecule has 0 aliphatic carbocycles. The number of hydrogen-bond donors (Lipinski definition) is 2. The Balaban J connectivity index is 2.18. The Bertz CT molecular complexity index is 566. The number of benzene rings is 2. The van der Waals surface area contributed by atoms with E-state index in [1.165, 1.54) is 0 Å². The zero-order chi connectivity index (χ0) is 14.5. The van der Waals surface area contributed by atoms with Crippen molar-refractivity contribution in [2.24, 2.45) is 0 Å². The quantitative estimate of drug-likeness (QED) is 0.822.